The van der Waals surface area contributed by atoms with E-state index in [1.165, 1.54) is 0 Å². The van der Waals surface area contributed by atoms with Crippen molar-refractivity contribution in [2.24, 2.45) is 0 Å². The second kappa shape index (κ2) is 9.58. The molecule has 0 aliphatic rings. The van der Waals surface area contributed by atoms with Crippen LogP contribution in [0.1, 0.15) is 43.1 Å². The predicted molar refractivity (Wildman–Crippen MR) is 124 cm³/mol. The van der Waals surface area contributed by atoms with E-state index in [1.807, 2.05) is 36.0 Å². The summed E-state index contributed by atoms with van der Waals surface area (Å²) >= 11 is 1.56. The molecule has 0 aromatic carbocycles. The van der Waals surface area contributed by atoms with E-state index >= 15 is 0 Å². The molecule has 0 fully saturated rings. The van der Waals surface area contributed by atoms with Gasteiger partial charge in [0.25, 0.3) is 5.91 Å². The zero-order chi connectivity index (χ0) is 22.5. The predicted octanol–water partition coefficient (Wildman–Crippen LogP) is 5.07. The van der Waals surface area contributed by atoms with Gasteiger partial charge in [0.2, 0.25) is 0 Å². The second-order valence-electron chi connectivity index (χ2n) is 7.37. The van der Waals surface area contributed by atoms with E-state index in [0.717, 1.165) is 4.88 Å². The molecule has 0 saturated carbocycles. The van der Waals surface area contributed by atoms with Crippen molar-refractivity contribution < 1.29 is 9.53 Å². The van der Waals surface area contributed by atoms with Crippen molar-refractivity contribution in [2.75, 3.05) is 11.9 Å². The van der Waals surface area contributed by atoms with Crippen molar-refractivity contribution in [1.82, 2.24) is 19.7 Å². The van der Waals surface area contributed by atoms with Crippen LogP contribution in [-0.4, -0.2) is 32.3 Å². The zero-order valence-corrected chi connectivity index (χ0v) is 18.6. The van der Waals surface area contributed by atoms with E-state index < -0.39 is 0 Å². The molecule has 4 heterocycles. The molecule has 0 radical (unpaired) electrons. The number of unbranched alkanes of at least 4 members (excludes halogenated alkanes) is 1. The van der Waals surface area contributed by atoms with Crippen LogP contribution in [0.5, 0.6) is 5.75 Å². The molecule has 0 unspecified atom stereocenters. The quantitative estimate of drug-likeness (QED) is 0.379. The number of carbonyl (C=O) groups excluding carboxylic acids is 1. The van der Waals surface area contributed by atoms with Gasteiger partial charge in [0, 0.05) is 18.7 Å². The summed E-state index contributed by atoms with van der Waals surface area (Å²) in [5, 5.41) is 18.7. The number of hydrogen-bond donors (Lipinski definition) is 1. The number of fused-ring (bicyclic) bond motifs is 1. The fourth-order valence-corrected chi connectivity index (χ4v) is 3.93. The maximum Gasteiger partial charge on any atom is 0.257 e. The standard InChI is InChI=1S/C23H22N6O2S/c1-15(2)29-22-17(14-26-29)16(13-18(27-22)20-8-6-12-32-20)23(30)28-21-19(7-5-10-25-21)31-11-4-3-9-24/h5-8,10,12-15H,3-4,11H2,1-2H3,(H,25,28,30). The molecule has 0 spiro atoms. The van der Waals surface area contributed by atoms with Gasteiger partial charge in [-0.3, -0.25) is 4.79 Å². The smallest absolute Gasteiger partial charge is 0.257 e. The van der Waals surface area contributed by atoms with Crippen LogP contribution in [0.3, 0.4) is 0 Å². The van der Waals surface area contributed by atoms with Crippen molar-refractivity contribution in [3.63, 3.8) is 0 Å². The average Bonchev–Trinajstić information content (AvgIpc) is 3.47. The maximum absolute atomic E-state index is 13.3. The molecule has 0 atom stereocenters. The molecule has 1 N–H and O–H groups in total. The number of ether oxygens (including phenoxy) is 1. The first-order chi connectivity index (χ1) is 15.6. The molecule has 32 heavy (non-hydrogen) atoms. The van der Waals surface area contributed by atoms with E-state index in [2.05, 4.69) is 21.5 Å². The van der Waals surface area contributed by atoms with E-state index in [-0.39, 0.29) is 11.9 Å². The van der Waals surface area contributed by atoms with Gasteiger partial charge in [0.15, 0.2) is 17.2 Å². The summed E-state index contributed by atoms with van der Waals surface area (Å²) in [6.07, 6.45) is 4.27. The van der Waals surface area contributed by atoms with Crippen LogP contribution in [0.15, 0.2) is 48.1 Å². The van der Waals surface area contributed by atoms with Crippen LogP contribution in [0.4, 0.5) is 5.82 Å². The molecule has 4 aromatic rings. The summed E-state index contributed by atoms with van der Waals surface area (Å²) in [5.41, 5.74) is 1.84. The summed E-state index contributed by atoms with van der Waals surface area (Å²) in [6, 6.07) is 11.4. The van der Waals surface area contributed by atoms with Crippen LogP contribution in [0.25, 0.3) is 21.6 Å². The maximum atomic E-state index is 13.3. The van der Waals surface area contributed by atoms with E-state index in [4.69, 9.17) is 15.0 Å². The normalized spacial score (nSPS) is 10.9. The van der Waals surface area contributed by atoms with Crippen LogP contribution < -0.4 is 10.1 Å². The van der Waals surface area contributed by atoms with Crippen molar-refractivity contribution in [2.45, 2.75) is 32.7 Å². The molecule has 9 heteroatoms. The van der Waals surface area contributed by atoms with Gasteiger partial charge in [0.1, 0.15) is 0 Å². The highest BCUT2D eigenvalue weighted by atomic mass is 32.1. The summed E-state index contributed by atoms with van der Waals surface area (Å²) < 4.78 is 7.54. The van der Waals surface area contributed by atoms with Gasteiger partial charge in [-0.1, -0.05) is 6.07 Å². The Balaban J connectivity index is 1.69. The highest BCUT2D eigenvalue weighted by molar-refractivity contribution is 7.13. The number of nitrogens with zero attached hydrogens (tertiary/aromatic N) is 5. The van der Waals surface area contributed by atoms with Crippen LogP contribution >= 0.6 is 11.3 Å². The molecule has 1 amide bonds. The molecule has 0 aliphatic carbocycles. The van der Waals surface area contributed by atoms with Gasteiger partial charge in [-0.2, -0.15) is 10.4 Å². The van der Waals surface area contributed by atoms with Crippen molar-refractivity contribution >= 4 is 34.1 Å². The van der Waals surface area contributed by atoms with Gasteiger partial charge in [0.05, 0.1) is 40.4 Å². The number of rotatable bonds is 8. The highest BCUT2D eigenvalue weighted by Gasteiger charge is 2.20. The van der Waals surface area contributed by atoms with Crippen LogP contribution in [-0.2, 0) is 0 Å². The third kappa shape index (κ3) is 4.45. The van der Waals surface area contributed by atoms with Gasteiger partial charge in [-0.05, 0) is 49.9 Å². The number of nitriles is 1. The molecular weight excluding hydrogens is 424 g/mol. The summed E-state index contributed by atoms with van der Waals surface area (Å²) in [6.45, 7) is 4.41. The molecule has 0 bridgehead atoms. The third-order valence-electron chi connectivity index (χ3n) is 4.77. The lowest BCUT2D eigenvalue weighted by atomic mass is 10.1. The Morgan fingerprint density at radius 1 is 1.34 bits per heavy atom. The molecule has 0 saturated heterocycles. The molecule has 4 aromatic heterocycles. The van der Waals surface area contributed by atoms with Crippen LogP contribution in [0, 0.1) is 11.3 Å². The average molecular weight is 447 g/mol. The van der Waals surface area contributed by atoms with Crippen molar-refractivity contribution in [3.8, 4) is 22.4 Å². The van der Waals surface area contributed by atoms with E-state index in [0.29, 0.717) is 53.3 Å². The lowest BCUT2D eigenvalue weighted by Crippen LogP contribution is -2.15. The van der Waals surface area contributed by atoms with Crippen molar-refractivity contribution in [1.29, 1.82) is 5.26 Å². The first-order valence-corrected chi connectivity index (χ1v) is 11.1. The lowest BCUT2D eigenvalue weighted by molar-refractivity contribution is 0.102. The van der Waals surface area contributed by atoms with Crippen molar-refractivity contribution in [3.05, 3.63) is 53.7 Å². The fourth-order valence-electron chi connectivity index (χ4n) is 3.24. The van der Waals surface area contributed by atoms with Gasteiger partial charge in [-0.15, -0.1) is 11.3 Å². The lowest BCUT2D eigenvalue weighted by Gasteiger charge is -2.12. The minimum Gasteiger partial charge on any atom is -0.490 e. The molecular formula is C23H22N6O2S. The number of carbonyl (C=O) groups is 1. The van der Waals surface area contributed by atoms with E-state index in [1.54, 1.807) is 41.9 Å². The minimum absolute atomic E-state index is 0.0960. The summed E-state index contributed by atoms with van der Waals surface area (Å²) in [7, 11) is 0. The SMILES string of the molecule is CC(C)n1ncc2c(C(=O)Nc3ncccc3OCCCC#N)cc(-c3cccs3)nc21. The number of hydrogen-bond acceptors (Lipinski definition) is 7. The Morgan fingerprint density at radius 2 is 2.22 bits per heavy atom. The van der Waals surface area contributed by atoms with E-state index in [9.17, 15) is 4.79 Å². The molecule has 8 nitrogen and oxygen atoms in total. The topological polar surface area (TPSA) is 106 Å². The van der Waals surface area contributed by atoms with Gasteiger partial charge in [-0.25, -0.2) is 14.6 Å². The third-order valence-corrected chi connectivity index (χ3v) is 5.66. The molecule has 4 rings (SSSR count). The number of aromatic nitrogens is 4. The number of thiophene rings is 1. The summed E-state index contributed by atoms with van der Waals surface area (Å²) in [4.78, 5) is 23.4. The Labute approximate surface area is 189 Å². The Bertz CT molecular complexity index is 1270. The van der Waals surface area contributed by atoms with Gasteiger partial charge >= 0.3 is 0 Å². The molecule has 0 aliphatic heterocycles. The molecule has 162 valence electrons. The first-order valence-electron chi connectivity index (χ1n) is 10.3. The Hall–Kier alpha value is -3.77. The number of anilines is 1. The fraction of sp³-hybridized carbons (Fsp3) is 0.261. The monoisotopic (exact) mass is 446 g/mol. The first kappa shape index (κ1) is 21.5. The Kier molecular flexibility index (Phi) is 6.42. The van der Waals surface area contributed by atoms with Gasteiger partial charge < -0.3 is 10.1 Å². The number of nitrogens with one attached hydrogen (secondary N) is 1. The number of pyridine rings is 2. The zero-order valence-electron chi connectivity index (χ0n) is 17.8. The second-order valence-corrected chi connectivity index (χ2v) is 8.31. The highest BCUT2D eigenvalue weighted by Crippen LogP contribution is 2.30. The minimum atomic E-state index is -0.320. The largest absolute Gasteiger partial charge is 0.490 e. The van der Waals surface area contributed by atoms with Crippen LogP contribution in [0.2, 0.25) is 0 Å². The Morgan fingerprint density at radius 3 is 2.97 bits per heavy atom. The number of amides is 1. The summed E-state index contributed by atoms with van der Waals surface area (Å²) in [5.74, 6) is 0.466.